The van der Waals surface area contributed by atoms with Crippen LogP contribution in [0, 0.1) is 0 Å². The molecular weight excluding hydrogens is 240 g/mol. The molecule has 4 nitrogen and oxygen atoms in total. The number of benzene rings is 1. The fourth-order valence-corrected chi connectivity index (χ4v) is 1.64. The average molecular weight is 264 g/mol. The highest BCUT2D eigenvalue weighted by atomic mass is 16.5. The Kier molecular flexibility index (Phi) is 5.51. The first-order chi connectivity index (χ1) is 8.88. The van der Waals surface area contributed by atoms with Gasteiger partial charge in [0, 0.05) is 18.6 Å². The molecule has 1 aromatic carbocycles. The van der Waals surface area contributed by atoms with Crippen molar-refractivity contribution in [2.75, 3.05) is 27.7 Å². The molecule has 0 aliphatic rings. The Hall–Kier alpha value is -1.39. The van der Waals surface area contributed by atoms with Crippen LogP contribution in [0.15, 0.2) is 24.3 Å². The highest BCUT2D eigenvalue weighted by Gasteiger charge is 2.20. The minimum absolute atomic E-state index is 0.0697. The van der Waals surface area contributed by atoms with Gasteiger partial charge >= 0.3 is 5.97 Å². The quantitative estimate of drug-likeness (QED) is 0.797. The van der Waals surface area contributed by atoms with Crippen LogP contribution in [0.1, 0.15) is 29.8 Å². The molecule has 0 atom stereocenters. The summed E-state index contributed by atoms with van der Waals surface area (Å²) < 4.78 is 4.79. The molecule has 0 radical (unpaired) electrons. The second-order valence-corrected chi connectivity index (χ2v) is 5.46. The van der Waals surface area contributed by atoms with Crippen molar-refractivity contribution < 1.29 is 9.53 Å². The van der Waals surface area contributed by atoms with Crippen LogP contribution >= 0.6 is 0 Å². The average Bonchev–Trinajstić information content (AvgIpc) is 2.38. The van der Waals surface area contributed by atoms with E-state index < -0.39 is 0 Å². The molecule has 0 aromatic heterocycles. The van der Waals surface area contributed by atoms with Gasteiger partial charge in [0.25, 0.3) is 0 Å². The molecular formula is C15H24N2O2. The van der Waals surface area contributed by atoms with Crippen molar-refractivity contribution in [2.24, 2.45) is 0 Å². The summed E-state index contributed by atoms with van der Waals surface area (Å²) >= 11 is 0. The maximum absolute atomic E-state index is 11.6. The summed E-state index contributed by atoms with van der Waals surface area (Å²) in [6, 6.07) is 7.52. The molecule has 1 aromatic rings. The third-order valence-electron chi connectivity index (χ3n) is 3.51. The first kappa shape index (κ1) is 15.7. The molecule has 0 aliphatic carbocycles. The van der Waals surface area contributed by atoms with Gasteiger partial charge in [-0.05, 0) is 39.6 Å². The van der Waals surface area contributed by atoms with Gasteiger partial charge in [0.05, 0.1) is 12.7 Å². The van der Waals surface area contributed by atoms with Gasteiger partial charge < -0.3 is 15.0 Å². The van der Waals surface area contributed by atoms with E-state index in [2.05, 4.69) is 38.2 Å². The van der Waals surface area contributed by atoms with Crippen LogP contribution in [-0.4, -0.2) is 44.2 Å². The standard InChI is InChI=1S/C15H24N2O2/c1-15(2,17(3)4)11-16-10-12-8-6-7-9-13(12)14(18)19-5/h6-9,16H,10-11H2,1-5H3. The molecule has 1 rings (SSSR count). The lowest BCUT2D eigenvalue weighted by Crippen LogP contribution is -2.46. The molecule has 0 amide bonds. The fourth-order valence-electron chi connectivity index (χ4n) is 1.64. The number of methoxy groups -OCH3 is 1. The number of ether oxygens (including phenoxy) is 1. The van der Waals surface area contributed by atoms with Crippen LogP contribution in [0.5, 0.6) is 0 Å². The number of carbonyl (C=O) groups excluding carboxylic acids is 1. The Morgan fingerprint density at radius 2 is 1.95 bits per heavy atom. The van der Waals surface area contributed by atoms with E-state index in [1.807, 2.05) is 18.2 Å². The summed E-state index contributed by atoms with van der Waals surface area (Å²) in [4.78, 5) is 13.8. The van der Waals surface area contributed by atoms with Gasteiger partial charge in [-0.25, -0.2) is 4.79 Å². The van der Waals surface area contributed by atoms with Gasteiger partial charge in [-0.1, -0.05) is 18.2 Å². The van der Waals surface area contributed by atoms with Gasteiger partial charge in [0.2, 0.25) is 0 Å². The molecule has 0 saturated carbocycles. The molecule has 0 spiro atoms. The van der Waals surface area contributed by atoms with Crippen molar-refractivity contribution in [3.05, 3.63) is 35.4 Å². The highest BCUT2D eigenvalue weighted by Crippen LogP contribution is 2.12. The minimum atomic E-state index is -0.288. The lowest BCUT2D eigenvalue weighted by molar-refractivity contribution is 0.0599. The number of hydrogen-bond donors (Lipinski definition) is 1. The van der Waals surface area contributed by atoms with Gasteiger partial charge in [-0.2, -0.15) is 0 Å². The van der Waals surface area contributed by atoms with Crippen molar-refractivity contribution in [3.63, 3.8) is 0 Å². The number of hydrogen-bond acceptors (Lipinski definition) is 4. The van der Waals surface area contributed by atoms with E-state index in [-0.39, 0.29) is 11.5 Å². The highest BCUT2D eigenvalue weighted by molar-refractivity contribution is 5.90. The summed E-state index contributed by atoms with van der Waals surface area (Å²) in [5, 5.41) is 3.39. The van der Waals surface area contributed by atoms with E-state index in [0.29, 0.717) is 12.1 Å². The number of nitrogens with zero attached hydrogens (tertiary/aromatic N) is 1. The largest absolute Gasteiger partial charge is 0.465 e. The van der Waals surface area contributed by atoms with Crippen LogP contribution < -0.4 is 5.32 Å². The zero-order valence-corrected chi connectivity index (χ0v) is 12.5. The molecule has 0 saturated heterocycles. The number of carbonyl (C=O) groups is 1. The van der Waals surface area contributed by atoms with E-state index in [1.54, 1.807) is 6.07 Å². The first-order valence-electron chi connectivity index (χ1n) is 6.43. The molecule has 0 heterocycles. The number of rotatable bonds is 6. The molecule has 4 heteroatoms. The molecule has 0 unspecified atom stereocenters. The van der Waals surface area contributed by atoms with Gasteiger partial charge in [-0.15, -0.1) is 0 Å². The minimum Gasteiger partial charge on any atom is -0.465 e. The topological polar surface area (TPSA) is 41.6 Å². The van der Waals surface area contributed by atoms with Gasteiger partial charge in [0.15, 0.2) is 0 Å². The summed E-state index contributed by atoms with van der Waals surface area (Å²) in [5.74, 6) is -0.288. The molecule has 1 N–H and O–H groups in total. The molecule has 0 aliphatic heterocycles. The predicted molar refractivity (Wildman–Crippen MR) is 77.3 cm³/mol. The third-order valence-corrected chi connectivity index (χ3v) is 3.51. The summed E-state index contributed by atoms with van der Waals surface area (Å²) in [6.07, 6.45) is 0. The Labute approximate surface area is 115 Å². The predicted octanol–water partition coefficient (Wildman–Crippen LogP) is 1.90. The maximum atomic E-state index is 11.6. The second-order valence-electron chi connectivity index (χ2n) is 5.46. The summed E-state index contributed by atoms with van der Waals surface area (Å²) in [5.41, 5.74) is 1.66. The Bertz CT molecular complexity index is 428. The molecule has 0 bridgehead atoms. The Morgan fingerprint density at radius 1 is 1.32 bits per heavy atom. The van der Waals surface area contributed by atoms with Crippen LogP contribution in [0.25, 0.3) is 0 Å². The monoisotopic (exact) mass is 264 g/mol. The Morgan fingerprint density at radius 3 is 2.53 bits per heavy atom. The SMILES string of the molecule is COC(=O)c1ccccc1CNCC(C)(C)N(C)C. The van der Waals surface area contributed by atoms with E-state index in [4.69, 9.17) is 4.74 Å². The van der Waals surface area contributed by atoms with Crippen LogP contribution in [-0.2, 0) is 11.3 Å². The van der Waals surface area contributed by atoms with E-state index in [0.717, 1.165) is 12.1 Å². The lowest BCUT2D eigenvalue weighted by atomic mass is 10.0. The number of nitrogens with one attached hydrogen (secondary N) is 1. The van der Waals surface area contributed by atoms with Crippen LogP contribution in [0.2, 0.25) is 0 Å². The van der Waals surface area contributed by atoms with Crippen molar-refractivity contribution in [1.82, 2.24) is 10.2 Å². The number of esters is 1. The molecule has 19 heavy (non-hydrogen) atoms. The van der Waals surface area contributed by atoms with E-state index in [9.17, 15) is 4.79 Å². The zero-order chi connectivity index (χ0) is 14.5. The van der Waals surface area contributed by atoms with Crippen LogP contribution in [0.4, 0.5) is 0 Å². The summed E-state index contributed by atoms with van der Waals surface area (Å²) in [6.45, 7) is 5.84. The van der Waals surface area contributed by atoms with Crippen molar-refractivity contribution in [2.45, 2.75) is 25.9 Å². The lowest BCUT2D eigenvalue weighted by Gasteiger charge is -2.32. The van der Waals surface area contributed by atoms with Crippen LogP contribution in [0.3, 0.4) is 0 Å². The van der Waals surface area contributed by atoms with E-state index in [1.165, 1.54) is 7.11 Å². The normalized spacial score (nSPS) is 11.7. The van der Waals surface area contributed by atoms with E-state index >= 15 is 0 Å². The van der Waals surface area contributed by atoms with Crippen molar-refractivity contribution in [3.8, 4) is 0 Å². The molecule has 0 fully saturated rings. The smallest absolute Gasteiger partial charge is 0.338 e. The fraction of sp³-hybridized carbons (Fsp3) is 0.533. The summed E-state index contributed by atoms with van der Waals surface area (Å²) in [7, 11) is 5.52. The molecule has 106 valence electrons. The third kappa shape index (κ3) is 4.33. The van der Waals surface area contributed by atoms with Crippen molar-refractivity contribution >= 4 is 5.97 Å². The van der Waals surface area contributed by atoms with Gasteiger partial charge in [-0.3, -0.25) is 0 Å². The second kappa shape index (κ2) is 6.68. The van der Waals surface area contributed by atoms with Gasteiger partial charge in [0.1, 0.15) is 0 Å². The number of likely N-dealkylation sites (N-methyl/N-ethyl adjacent to an activating group) is 1. The van der Waals surface area contributed by atoms with Crippen molar-refractivity contribution in [1.29, 1.82) is 0 Å². The Balaban J connectivity index is 2.66. The maximum Gasteiger partial charge on any atom is 0.338 e. The zero-order valence-electron chi connectivity index (χ0n) is 12.5. The first-order valence-corrected chi connectivity index (χ1v) is 6.43.